The fraction of sp³-hybridized carbons (Fsp3) is 0.263. The van der Waals surface area contributed by atoms with Gasteiger partial charge in [-0.3, -0.25) is 9.59 Å². The van der Waals surface area contributed by atoms with Crippen LogP contribution in [-0.2, 0) is 9.53 Å². The summed E-state index contributed by atoms with van der Waals surface area (Å²) in [5.41, 5.74) is 3.03. The van der Waals surface area contributed by atoms with Crippen LogP contribution in [0.25, 0.3) is 0 Å². The highest BCUT2D eigenvalue weighted by Crippen LogP contribution is 2.32. The van der Waals surface area contributed by atoms with Gasteiger partial charge in [0, 0.05) is 34.9 Å². The minimum Gasteiger partial charge on any atom is -0.378 e. The number of hydrogen-bond acceptors (Lipinski definition) is 5. The largest absolute Gasteiger partial charge is 0.378 e. The minimum absolute atomic E-state index is 0.0433. The Morgan fingerprint density at radius 3 is 2.85 bits per heavy atom. The van der Waals surface area contributed by atoms with E-state index in [4.69, 9.17) is 4.74 Å². The number of ether oxygens (including phenoxy) is 1. The second kappa shape index (κ2) is 7.39. The molecule has 1 saturated heterocycles. The fourth-order valence-corrected chi connectivity index (χ4v) is 3.82. The quantitative estimate of drug-likeness (QED) is 0.871. The lowest BCUT2D eigenvalue weighted by molar-refractivity contribution is -0.113. The third-order valence-electron chi connectivity index (χ3n) is 4.35. The van der Waals surface area contributed by atoms with Crippen LogP contribution in [0.4, 0.5) is 17.1 Å². The van der Waals surface area contributed by atoms with E-state index in [1.807, 2.05) is 30.3 Å². The smallest absolute Gasteiger partial charge is 0.255 e. The van der Waals surface area contributed by atoms with Crippen molar-refractivity contribution in [3.05, 3.63) is 48.0 Å². The summed E-state index contributed by atoms with van der Waals surface area (Å²) < 4.78 is 5.38. The van der Waals surface area contributed by atoms with Crippen LogP contribution in [0.5, 0.6) is 0 Å². The van der Waals surface area contributed by atoms with Crippen molar-refractivity contribution in [2.75, 3.05) is 47.6 Å². The molecule has 2 aliphatic rings. The maximum absolute atomic E-state index is 12.6. The Hall–Kier alpha value is -2.51. The van der Waals surface area contributed by atoms with Gasteiger partial charge in [-0.2, -0.15) is 0 Å². The molecule has 2 amide bonds. The van der Waals surface area contributed by atoms with Gasteiger partial charge in [-0.1, -0.05) is 6.07 Å². The summed E-state index contributed by atoms with van der Waals surface area (Å²) in [5.74, 6) is 0.169. The molecule has 134 valence electrons. The van der Waals surface area contributed by atoms with Gasteiger partial charge in [0.2, 0.25) is 5.91 Å². The predicted molar refractivity (Wildman–Crippen MR) is 103 cm³/mol. The Bertz CT molecular complexity index is 850. The van der Waals surface area contributed by atoms with E-state index in [9.17, 15) is 9.59 Å². The first kappa shape index (κ1) is 16.9. The predicted octanol–water partition coefficient (Wildman–Crippen LogP) is 2.82. The van der Waals surface area contributed by atoms with Crippen LogP contribution < -0.4 is 15.5 Å². The SMILES string of the molecule is O=C1CSc2ccc(C(=O)Nc3cccc(N4CCOCC4)c3)cc2N1. The Morgan fingerprint density at radius 2 is 2.00 bits per heavy atom. The van der Waals surface area contributed by atoms with Gasteiger partial charge >= 0.3 is 0 Å². The van der Waals surface area contributed by atoms with Crippen LogP contribution >= 0.6 is 11.8 Å². The molecule has 6 nitrogen and oxygen atoms in total. The lowest BCUT2D eigenvalue weighted by Gasteiger charge is -2.29. The third kappa shape index (κ3) is 3.68. The zero-order chi connectivity index (χ0) is 17.9. The molecule has 2 N–H and O–H groups in total. The lowest BCUT2D eigenvalue weighted by atomic mass is 10.1. The monoisotopic (exact) mass is 369 g/mol. The first-order chi connectivity index (χ1) is 12.7. The molecule has 4 rings (SSSR count). The van der Waals surface area contributed by atoms with Crippen LogP contribution in [0, 0.1) is 0 Å². The maximum Gasteiger partial charge on any atom is 0.255 e. The van der Waals surface area contributed by atoms with E-state index < -0.39 is 0 Å². The summed E-state index contributed by atoms with van der Waals surface area (Å²) in [6.07, 6.45) is 0. The number of nitrogens with one attached hydrogen (secondary N) is 2. The minimum atomic E-state index is -0.197. The van der Waals surface area contributed by atoms with Crippen LogP contribution in [0.3, 0.4) is 0 Å². The van der Waals surface area contributed by atoms with Crippen molar-refractivity contribution in [1.82, 2.24) is 0 Å². The molecule has 1 fully saturated rings. The average molecular weight is 369 g/mol. The zero-order valence-corrected chi connectivity index (χ0v) is 15.0. The van der Waals surface area contributed by atoms with Gasteiger partial charge in [0.1, 0.15) is 0 Å². The number of fused-ring (bicyclic) bond motifs is 1. The van der Waals surface area contributed by atoms with E-state index in [0.29, 0.717) is 17.0 Å². The number of anilines is 3. The number of carbonyl (C=O) groups excluding carboxylic acids is 2. The van der Waals surface area contributed by atoms with E-state index in [-0.39, 0.29) is 11.8 Å². The first-order valence-corrected chi connectivity index (χ1v) is 9.48. The van der Waals surface area contributed by atoms with Crippen LogP contribution in [0.1, 0.15) is 10.4 Å². The maximum atomic E-state index is 12.6. The number of rotatable bonds is 3. The molecule has 2 aliphatic heterocycles. The highest BCUT2D eigenvalue weighted by Gasteiger charge is 2.18. The summed E-state index contributed by atoms with van der Waals surface area (Å²) >= 11 is 1.48. The first-order valence-electron chi connectivity index (χ1n) is 8.50. The van der Waals surface area contributed by atoms with E-state index >= 15 is 0 Å². The molecule has 7 heteroatoms. The van der Waals surface area contributed by atoms with Crippen molar-refractivity contribution in [2.45, 2.75) is 4.90 Å². The summed E-state index contributed by atoms with van der Waals surface area (Å²) in [6.45, 7) is 3.13. The highest BCUT2D eigenvalue weighted by molar-refractivity contribution is 8.00. The molecule has 0 aliphatic carbocycles. The molecule has 0 saturated carbocycles. The molecular formula is C19H19N3O3S. The van der Waals surface area contributed by atoms with Crippen LogP contribution in [0.2, 0.25) is 0 Å². The number of morpholine rings is 1. The van der Waals surface area contributed by atoms with Gasteiger partial charge in [-0.15, -0.1) is 11.8 Å². The van der Waals surface area contributed by atoms with E-state index in [1.165, 1.54) is 11.8 Å². The van der Waals surface area contributed by atoms with E-state index in [2.05, 4.69) is 15.5 Å². The number of amides is 2. The van der Waals surface area contributed by atoms with Crippen molar-refractivity contribution in [3.8, 4) is 0 Å². The Balaban J connectivity index is 1.49. The fourth-order valence-electron chi connectivity index (χ4n) is 3.03. The van der Waals surface area contributed by atoms with E-state index in [1.54, 1.807) is 12.1 Å². The average Bonchev–Trinajstić information content (AvgIpc) is 2.68. The number of thioether (sulfide) groups is 1. The normalized spacial score (nSPS) is 16.6. The molecular weight excluding hydrogens is 350 g/mol. The molecule has 0 unspecified atom stereocenters. The van der Waals surface area contributed by atoms with Crippen molar-refractivity contribution in [3.63, 3.8) is 0 Å². The van der Waals surface area contributed by atoms with Crippen molar-refractivity contribution >= 4 is 40.6 Å². The van der Waals surface area contributed by atoms with Crippen LogP contribution in [0.15, 0.2) is 47.4 Å². The number of benzene rings is 2. The summed E-state index contributed by atoms with van der Waals surface area (Å²) in [4.78, 5) is 27.4. The highest BCUT2D eigenvalue weighted by atomic mass is 32.2. The summed E-state index contributed by atoms with van der Waals surface area (Å²) in [7, 11) is 0. The Kier molecular flexibility index (Phi) is 4.81. The third-order valence-corrected chi connectivity index (χ3v) is 5.43. The summed E-state index contributed by atoms with van der Waals surface area (Å²) in [5, 5.41) is 5.75. The molecule has 0 atom stereocenters. The molecule has 26 heavy (non-hydrogen) atoms. The number of carbonyl (C=O) groups is 2. The molecule has 0 radical (unpaired) electrons. The second-order valence-electron chi connectivity index (χ2n) is 6.15. The topological polar surface area (TPSA) is 70.7 Å². The van der Waals surface area contributed by atoms with Gasteiger partial charge in [0.15, 0.2) is 0 Å². The van der Waals surface area contributed by atoms with Gasteiger partial charge in [0.05, 0.1) is 24.7 Å². The number of nitrogens with zero attached hydrogens (tertiary/aromatic N) is 1. The molecule has 2 heterocycles. The molecule has 2 aromatic rings. The van der Waals surface area contributed by atoms with E-state index in [0.717, 1.165) is 42.6 Å². The molecule has 0 bridgehead atoms. The Morgan fingerprint density at radius 1 is 1.15 bits per heavy atom. The molecule has 0 aromatic heterocycles. The molecule has 2 aromatic carbocycles. The lowest BCUT2D eigenvalue weighted by Crippen LogP contribution is -2.36. The second-order valence-corrected chi connectivity index (χ2v) is 7.17. The van der Waals surface area contributed by atoms with Crippen molar-refractivity contribution in [1.29, 1.82) is 0 Å². The van der Waals surface area contributed by atoms with Crippen molar-refractivity contribution < 1.29 is 14.3 Å². The van der Waals surface area contributed by atoms with Crippen LogP contribution in [-0.4, -0.2) is 43.9 Å². The Labute approximate surface area is 155 Å². The van der Waals surface area contributed by atoms with Crippen molar-refractivity contribution in [2.24, 2.45) is 0 Å². The molecule has 0 spiro atoms. The van der Waals surface area contributed by atoms with Gasteiger partial charge in [0.25, 0.3) is 5.91 Å². The summed E-state index contributed by atoms with van der Waals surface area (Å²) in [6, 6.07) is 13.2. The van der Waals surface area contributed by atoms with Gasteiger partial charge in [-0.25, -0.2) is 0 Å². The zero-order valence-electron chi connectivity index (χ0n) is 14.2. The number of hydrogen-bond donors (Lipinski definition) is 2. The standard InChI is InChI=1S/C19H19N3O3S/c23-18-12-26-17-5-4-13(10-16(17)21-18)19(24)20-14-2-1-3-15(11-14)22-6-8-25-9-7-22/h1-5,10-11H,6-9,12H2,(H,20,24)(H,21,23). The van der Waals surface area contributed by atoms with Gasteiger partial charge in [-0.05, 0) is 36.4 Å². The van der Waals surface area contributed by atoms with Gasteiger partial charge < -0.3 is 20.3 Å².